The second-order valence-electron chi connectivity index (χ2n) is 6.00. The van der Waals surface area contributed by atoms with Crippen molar-refractivity contribution in [2.75, 3.05) is 32.8 Å². The van der Waals surface area contributed by atoms with Crippen LogP contribution in [0.5, 0.6) is 5.75 Å². The van der Waals surface area contributed by atoms with E-state index < -0.39 is 0 Å². The van der Waals surface area contributed by atoms with E-state index in [2.05, 4.69) is 10.3 Å². The molecule has 0 aromatic carbocycles. The van der Waals surface area contributed by atoms with Gasteiger partial charge in [0.25, 0.3) is 0 Å². The van der Waals surface area contributed by atoms with Crippen molar-refractivity contribution in [2.24, 2.45) is 0 Å². The maximum absolute atomic E-state index is 12.4. The smallest absolute Gasteiger partial charge is 0.244 e. The van der Waals surface area contributed by atoms with Gasteiger partial charge in [0.2, 0.25) is 11.8 Å². The van der Waals surface area contributed by atoms with Gasteiger partial charge in [0.05, 0.1) is 26.0 Å². The molecule has 8 nitrogen and oxygen atoms in total. The zero-order valence-corrected chi connectivity index (χ0v) is 15.8. The molecule has 28 heavy (non-hydrogen) atoms. The molecule has 148 valence electrons. The molecule has 1 unspecified atom stereocenters. The summed E-state index contributed by atoms with van der Waals surface area (Å²) in [4.78, 5) is 29.7. The van der Waals surface area contributed by atoms with E-state index >= 15 is 0 Å². The van der Waals surface area contributed by atoms with Crippen LogP contribution in [0.15, 0.2) is 47.2 Å². The van der Waals surface area contributed by atoms with Gasteiger partial charge in [-0.15, -0.1) is 0 Å². The van der Waals surface area contributed by atoms with Crippen LogP contribution in [0.4, 0.5) is 0 Å². The molecule has 3 heterocycles. The van der Waals surface area contributed by atoms with Gasteiger partial charge in [0.1, 0.15) is 18.5 Å². The number of furan rings is 1. The van der Waals surface area contributed by atoms with Crippen LogP contribution in [0.25, 0.3) is 6.08 Å². The minimum absolute atomic E-state index is 0.0939. The number of morpholine rings is 1. The molecule has 1 atom stereocenters. The van der Waals surface area contributed by atoms with Gasteiger partial charge in [0, 0.05) is 18.8 Å². The Morgan fingerprint density at radius 3 is 3.07 bits per heavy atom. The molecular weight excluding hydrogens is 386 g/mol. The first-order valence-corrected chi connectivity index (χ1v) is 9.12. The number of hydrogen-bond donors (Lipinski definition) is 1. The Bertz CT molecular complexity index is 825. The SMILES string of the molecule is O=C(/C=C\c1ccco1)NCC(=O)N1CCOC(COc2cccnc2Cl)C1. The molecule has 2 amide bonds. The summed E-state index contributed by atoms with van der Waals surface area (Å²) in [6, 6.07) is 6.89. The predicted molar refractivity (Wildman–Crippen MR) is 102 cm³/mol. The Balaban J connectivity index is 1.42. The first-order chi connectivity index (χ1) is 13.6. The maximum Gasteiger partial charge on any atom is 0.244 e. The maximum atomic E-state index is 12.4. The molecule has 0 bridgehead atoms. The number of rotatable bonds is 7. The molecule has 0 spiro atoms. The summed E-state index contributed by atoms with van der Waals surface area (Å²) in [5.41, 5.74) is 0. The van der Waals surface area contributed by atoms with E-state index in [-0.39, 0.29) is 36.2 Å². The summed E-state index contributed by atoms with van der Waals surface area (Å²) < 4.78 is 16.4. The Morgan fingerprint density at radius 2 is 2.29 bits per heavy atom. The van der Waals surface area contributed by atoms with E-state index in [1.807, 2.05) is 0 Å². The van der Waals surface area contributed by atoms with Crippen LogP contribution in [0, 0.1) is 0 Å². The summed E-state index contributed by atoms with van der Waals surface area (Å²) in [6.07, 6.45) is 5.65. The standard InChI is InChI=1S/C19H20ClN3O5/c20-19-16(4-1-7-21-19)28-13-15-12-23(8-10-27-15)18(25)11-22-17(24)6-5-14-3-2-9-26-14/h1-7,9,15H,8,10-13H2,(H,22,24)/b6-5-. The highest BCUT2D eigenvalue weighted by molar-refractivity contribution is 6.30. The summed E-state index contributed by atoms with van der Waals surface area (Å²) in [5.74, 6) is 0.467. The zero-order valence-electron chi connectivity index (χ0n) is 15.0. The van der Waals surface area contributed by atoms with Crippen molar-refractivity contribution in [3.8, 4) is 5.75 Å². The van der Waals surface area contributed by atoms with Gasteiger partial charge >= 0.3 is 0 Å². The first kappa shape index (κ1) is 19.9. The van der Waals surface area contributed by atoms with Crippen molar-refractivity contribution < 1.29 is 23.5 Å². The quantitative estimate of drug-likeness (QED) is 0.557. The average molecular weight is 406 g/mol. The Hall–Kier alpha value is -2.84. The Labute approximate surface area is 167 Å². The molecule has 1 aliphatic heterocycles. The topological polar surface area (TPSA) is 93.9 Å². The molecule has 9 heteroatoms. The van der Waals surface area contributed by atoms with Crippen LogP contribution in [0.1, 0.15) is 5.76 Å². The van der Waals surface area contributed by atoms with Gasteiger partial charge in [-0.1, -0.05) is 11.6 Å². The van der Waals surface area contributed by atoms with Gasteiger partial charge in [0.15, 0.2) is 10.9 Å². The van der Waals surface area contributed by atoms with Crippen molar-refractivity contribution >= 4 is 29.5 Å². The molecule has 0 radical (unpaired) electrons. The third-order valence-corrected chi connectivity index (χ3v) is 4.28. The Morgan fingerprint density at radius 1 is 1.39 bits per heavy atom. The lowest BCUT2D eigenvalue weighted by Crippen LogP contribution is -2.50. The van der Waals surface area contributed by atoms with E-state index in [9.17, 15) is 9.59 Å². The predicted octanol–water partition coefficient (Wildman–Crippen LogP) is 1.76. The molecule has 1 fully saturated rings. The lowest BCUT2D eigenvalue weighted by atomic mass is 10.2. The van der Waals surface area contributed by atoms with Crippen molar-refractivity contribution in [1.29, 1.82) is 0 Å². The third kappa shape index (κ3) is 5.83. The Kier molecular flexibility index (Phi) is 7.05. The molecule has 2 aromatic rings. The molecule has 0 saturated carbocycles. The molecular formula is C19H20ClN3O5. The number of carbonyl (C=O) groups excluding carboxylic acids is 2. The van der Waals surface area contributed by atoms with E-state index in [0.717, 1.165) is 0 Å². The van der Waals surface area contributed by atoms with Gasteiger partial charge in [-0.25, -0.2) is 4.98 Å². The molecule has 3 rings (SSSR count). The minimum atomic E-state index is -0.371. The highest BCUT2D eigenvalue weighted by Gasteiger charge is 2.25. The monoisotopic (exact) mass is 405 g/mol. The highest BCUT2D eigenvalue weighted by Crippen LogP contribution is 2.21. The fraction of sp³-hybridized carbons (Fsp3) is 0.316. The summed E-state index contributed by atoms with van der Waals surface area (Å²) in [6.45, 7) is 1.37. The number of ether oxygens (including phenoxy) is 2. The number of aromatic nitrogens is 1. The zero-order chi connectivity index (χ0) is 19.8. The van der Waals surface area contributed by atoms with Crippen LogP contribution in [0.2, 0.25) is 5.15 Å². The number of nitrogens with zero attached hydrogens (tertiary/aromatic N) is 2. The number of halogens is 1. The molecule has 1 aliphatic rings. The number of nitrogens with one attached hydrogen (secondary N) is 1. The van der Waals surface area contributed by atoms with E-state index in [1.54, 1.807) is 35.4 Å². The number of amides is 2. The van der Waals surface area contributed by atoms with Gasteiger partial charge in [-0.2, -0.15) is 0 Å². The number of carbonyl (C=O) groups is 2. The van der Waals surface area contributed by atoms with Crippen molar-refractivity contribution in [1.82, 2.24) is 15.2 Å². The lowest BCUT2D eigenvalue weighted by molar-refractivity contribution is -0.140. The fourth-order valence-electron chi connectivity index (χ4n) is 2.59. The average Bonchev–Trinajstić information content (AvgIpc) is 3.24. The van der Waals surface area contributed by atoms with E-state index in [1.165, 1.54) is 18.4 Å². The fourth-order valence-corrected chi connectivity index (χ4v) is 2.76. The van der Waals surface area contributed by atoms with E-state index in [4.69, 9.17) is 25.5 Å². The van der Waals surface area contributed by atoms with Gasteiger partial charge in [-0.3, -0.25) is 9.59 Å². The van der Waals surface area contributed by atoms with E-state index in [0.29, 0.717) is 31.2 Å². The second kappa shape index (κ2) is 9.91. The highest BCUT2D eigenvalue weighted by atomic mass is 35.5. The minimum Gasteiger partial charge on any atom is -0.488 e. The van der Waals surface area contributed by atoms with Crippen LogP contribution in [-0.4, -0.2) is 60.7 Å². The van der Waals surface area contributed by atoms with Crippen molar-refractivity contribution in [2.45, 2.75) is 6.10 Å². The molecule has 0 aliphatic carbocycles. The van der Waals surface area contributed by atoms with Crippen LogP contribution >= 0.6 is 11.6 Å². The third-order valence-electron chi connectivity index (χ3n) is 4.00. The molecule has 1 saturated heterocycles. The van der Waals surface area contributed by atoms with Gasteiger partial charge in [-0.05, 0) is 30.3 Å². The second-order valence-corrected chi connectivity index (χ2v) is 6.36. The summed E-state index contributed by atoms with van der Waals surface area (Å²) >= 11 is 5.96. The lowest BCUT2D eigenvalue weighted by Gasteiger charge is -2.32. The van der Waals surface area contributed by atoms with Crippen molar-refractivity contribution in [3.63, 3.8) is 0 Å². The largest absolute Gasteiger partial charge is 0.488 e. The molecule has 2 aromatic heterocycles. The normalized spacial score (nSPS) is 16.9. The molecule has 1 N–H and O–H groups in total. The summed E-state index contributed by atoms with van der Waals surface area (Å²) in [5, 5.41) is 2.84. The number of hydrogen-bond acceptors (Lipinski definition) is 6. The van der Waals surface area contributed by atoms with Crippen LogP contribution < -0.4 is 10.1 Å². The van der Waals surface area contributed by atoms with Crippen LogP contribution in [-0.2, 0) is 14.3 Å². The first-order valence-electron chi connectivity index (χ1n) is 8.74. The van der Waals surface area contributed by atoms with Gasteiger partial charge < -0.3 is 24.1 Å². The number of pyridine rings is 1. The van der Waals surface area contributed by atoms with Crippen molar-refractivity contribution in [3.05, 3.63) is 53.7 Å². The van der Waals surface area contributed by atoms with Crippen LogP contribution in [0.3, 0.4) is 0 Å². The summed E-state index contributed by atoms with van der Waals surface area (Å²) in [7, 11) is 0.